The van der Waals surface area contributed by atoms with Gasteiger partial charge in [0.1, 0.15) is 0 Å². The van der Waals surface area contributed by atoms with Crippen LogP contribution >= 0.6 is 0 Å². The van der Waals surface area contributed by atoms with E-state index in [2.05, 4.69) is 204 Å². The van der Waals surface area contributed by atoms with E-state index in [-0.39, 0.29) is 5.41 Å². The standard InChI is InChI=1S/C50H37N3/c1-50(2)46-18-9-8-17-43(46)44-32-41(24-25-47(44)50)53(39-14-4-3-5-15-39)40-22-19-34(20-23-40)36-12-10-13-37(31-36)45-33-52(38-27-29-51-30-28-38)48-26-21-35-11-6-7-16-42(35)49(45)48/h3-33H,1-2H3. The normalized spacial score (nSPS) is 12.9. The summed E-state index contributed by atoms with van der Waals surface area (Å²) in [7, 11) is 0. The van der Waals surface area contributed by atoms with E-state index in [4.69, 9.17) is 0 Å². The SMILES string of the molecule is CC1(C)c2ccccc2-c2cc(N(c3ccccc3)c3ccc(-c4cccc(-c5cn(-c6ccncc6)c6ccc7ccccc7c56)c4)cc3)ccc21. The van der Waals surface area contributed by atoms with E-state index in [0.717, 1.165) is 22.7 Å². The van der Waals surface area contributed by atoms with E-state index >= 15 is 0 Å². The number of hydrogen-bond acceptors (Lipinski definition) is 2. The molecule has 10 rings (SSSR count). The maximum absolute atomic E-state index is 4.27. The van der Waals surface area contributed by atoms with E-state index in [1.54, 1.807) is 0 Å². The van der Waals surface area contributed by atoms with Gasteiger partial charge in [0.15, 0.2) is 0 Å². The van der Waals surface area contributed by atoms with Crippen LogP contribution in [0.4, 0.5) is 17.1 Å². The van der Waals surface area contributed by atoms with Gasteiger partial charge in [-0.2, -0.15) is 0 Å². The van der Waals surface area contributed by atoms with Crippen LogP contribution in [0.1, 0.15) is 25.0 Å². The lowest BCUT2D eigenvalue weighted by Gasteiger charge is -2.27. The third-order valence-corrected chi connectivity index (χ3v) is 11.1. The summed E-state index contributed by atoms with van der Waals surface area (Å²) in [4.78, 5) is 6.64. The Morgan fingerprint density at radius 2 is 1.19 bits per heavy atom. The molecule has 0 bridgehead atoms. The molecule has 7 aromatic carbocycles. The van der Waals surface area contributed by atoms with Gasteiger partial charge in [-0.3, -0.25) is 4.98 Å². The second-order valence-electron chi connectivity index (χ2n) is 14.5. The Hall–Kier alpha value is -6.71. The lowest BCUT2D eigenvalue weighted by molar-refractivity contribution is 0.660. The first-order valence-electron chi connectivity index (χ1n) is 18.3. The summed E-state index contributed by atoms with van der Waals surface area (Å²) in [5.41, 5.74) is 15.8. The summed E-state index contributed by atoms with van der Waals surface area (Å²) >= 11 is 0. The molecular formula is C50H37N3. The molecule has 1 aliphatic carbocycles. The number of rotatable bonds is 6. The Labute approximate surface area is 310 Å². The molecule has 252 valence electrons. The first-order chi connectivity index (χ1) is 26.0. The highest BCUT2D eigenvalue weighted by molar-refractivity contribution is 6.14. The van der Waals surface area contributed by atoms with Crippen LogP contribution in [0.2, 0.25) is 0 Å². The van der Waals surface area contributed by atoms with Crippen LogP contribution in [0.25, 0.3) is 60.7 Å². The molecule has 2 heterocycles. The third-order valence-electron chi connectivity index (χ3n) is 11.1. The van der Waals surface area contributed by atoms with Gasteiger partial charge in [0.05, 0.1) is 5.52 Å². The van der Waals surface area contributed by atoms with E-state index in [9.17, 15) is 0 Å². The van der Waals surface area contributed by atoms with Gasteiger partial charge in [-0.25, -0.2) is 0 Å². The van der Waals surface area contributed by atoms with Crippen molar-refractivity contribution in [3.05, 3.63) is 200 Å². The lowest BCUT2D eigenvalue weighted by atomic mass is 9.82. The van der Waals surface area contributed by atoms with Crippen molar-refractivity contribution in [2.75, 3.05) is 4.90 Å². The molecule has 0 fully saturated rings. The molecule has 53 heavy (non-hydrogen) atoms. The topological polar surface area (TPSA) is 21.1 Å². The van der Waals surface area contributed by atoms with Gasteiger partial charge in [-0.15, -0.1) is 0 Å². The highest BCUT2D eigenvalue weighted by Gasteiger charge is 2.35. The van der Waals surface area contributed by atoms with Gasteiger partial charge >= 0.3 is 0 Å². The maximum Gasteiger partial charge on any atom is 0.0541 e. The number of para-hydroxylation sites is 1. The van der Waals surface area contributed by atoms with Gasteiger partial charge in [0, 0.05) is 57.7 Å². The van der Waals surface area contributed by atoms with Crippen molar-refractivity contribution in [3.8, 4) is 39.1 Å². The first kappa shape index (κ1) is 31.1. The number of hydrogen-bond donors (Lipinski definition) is 0. The average Bonchev–Trinajstić information content (AvgIpc) is 3.72. The second kappa shape index (κ2) is 12.2. The Kier molecular flexibility index (Phi) is 7.16. The van der Waals surface area contributed by atoms with Crippen molar-refractivity contribution < 1.29 is 0 Å². The molecule has 3 heteroatoms. The number of fused-ring (bicyclic) bond motifs is 6. The monoisotopic (exact) mass is 679 g/mol. The zero-order chi connectivity index (χ0) is 35.5. The van der Waals surface area contributed by atoms with Crippen LogP contribution in [-0.4, -0.2) is 9.55 Å². The fourth-order valence-electron chi connectivity index (χ4n) is 8.48. The molecule has 2 aromatic heterocycles. The minimum Gasteiger partial charge on any atom is -0.316 e. The lowest BCUT2D eigenvalue weighted by Crippen LogP contribution is -2.15. The minimum absolute atomic E-state index is 0.0285. The fourth-order valence-corrected chi connectivity index (χ4v) is 8.48. The molecule has 1 aliphatic rings. The number of benzene rings is 7. The van der Waals surface area contributed by atoms with Crippen LogP contribution in [0.15, 0.2) is 188 Å². The summed E-state index contributed by atoms with van der Waals surface area (Å²) in [6, 6.07) is 61.8. The van der Waals surface area contributed by atoms with Crippen molar-refractivity contribution in [1.29, 1.82) is 0 Å². The molecule has 0 saturated heterocycles. The van der Waals surface area contributed by atoms with Crippen molar-refractivity contribution >= 4 is 38.7 Å². The Morgan fingerprint density at radius 3 is 2.04 bits per heavy atom. The predicted octanol–water partition coefficient (Wildman–Crippen LogP) is 13.3. The Morgan fingerprint density at radius 1 is 0.491 bits per heavy atom. The molecule has 0 aliphatic heterocycles. The van der Waals surface area contributed by atoms with Crippen LogP contribution in [-0.2, 0) is 5.41 Å². The van der Waals surface area contributed by atoms with E-state index in [1.165, 1.54) is 66.2 Å². The highest BCUT2D eigenvalue weighted by atomic mass is 15.1. The van der Waals surface area contributed by atoms with Crippen LogP contribution in [0.3, 0.4) is 0 Å². The molecule has 0 saturated carbocycles. The third kappa shape index (κ3) is 5.08. The van der Waals surface area contributed by atoms with E-state index in [0.29, 0.717) is 0 Å². The number of nitrogens with zero attached hydrogens (tertiary/aromatic N) is 3. The van der Waals surface area contributed by atoms with Crippen LogP contribution in [0.5, 0.6) is 0 Å². The van der Waals surface area contributed by atoms with Crippen LogP contribution in [0, 0.1) is 0 Å². The minimum atomic E-state index is -0.0285. The van der Waals surface area contributed by atoms with Crippen LogP contribution < -0.4 is 4.90 Å². The molecule has 0 N–H and O–H groups in total. The first-order valence-corrected chi connectivity index (χ1v) is 18.3. The molecular weight excluding hydrogens is 643 g/mol. The van der Waals surface area contributed by atoms with E-state index in [1.807, 2.05) is 12.4 Å². The van der Waals surface area contributed by atoms with Gasteiger partial charge in [-0.1, -0.05) is 123 Å². The van der Waals surface area contributed by atoms with Crippen molar-refractivity contribution in [2.45, 2.75) is 19.3 Å². The van der Waals surface area contributed by atoms with Gasteiger partial charge in [0.25, 0.3) is 0 Å². The van der Waals surface area contributed by atoms with Gasteiger partial charge in [-0.05, 0) is 110 Å². The summed E-state index contributed by atoms with van der Waals surface area (Å²) in [6.45, 7) is 4.67. The smallest absolute Gasteiger partial charge is 0.0541 e. The maximum atomic E-state index is 4.27. The summed E-state index contributed by atoms with van der Waals surface area (Å²) in [5, 5.41) is 3.74. The number of aromatic nitrogens is 2. The molecule has 0 spiro atoms. The van der Waals surface area contributed by atoms with Gasteiger partial charge < -0.3 is 9.47 Å². The van der Waals surface area contributed by atoms with Crippen molar-refractivity contribution in [3.63, 3.8) is 0 Å². The number of anilines is 3. The Bertz CT molecular complexity index is 2790. The quantitative estimate of drug-likeness (QED) is 0.174. The zero-order valence-electron chi connectivity index (χ0n) is 29.7. The zero-order valence-corrected chi connectivity index (χ0v) is 29.7. The molecule has 0 atom stereocenters. The van der Waals surface area contributed by atoms with Gasteiger partial charge in [0.2, 0.25) is 0 Å². The van der Waals surface area contributed by atoms with Crippen molar-refractivity contribution in [1.82, 2.24) is 9.55 Å². The molecule has 0 amide bonds. The summed E-state index contributed by atoms with van der Waals surface area (Å²) < 4.78 is 2.29. The predicted molar refractivity (Wildman–Crippen MR) is 222 cm³/mol. The number of pyridine rings is 1. The van der Waals surface area contributed by atoms with E-state index < -0.39 is 0 Å². The Balaban J connectivity index is 1.06. The molecule has 9 aromatic rings. The second-order valence-corrected chi connectivity index (χ2v) is 14.5. The summed E-state index contributed by atoms with van der Waals surface area (Å²) in [6.07, 6.45) is 5.99. The summed E-state index contributed by atoms with van der Waals surface area (Å²) in [5.74, 6) is 0. The molecule has 0 unspecified atom stereocenters. The highest BCUT2D eigenvalue weighted by Crippen LogP contribution is 2.50. The van der Waals surface area contributed by atoms with Crippen molar-refractivity contribution in [2.24, 2.45) is 0 Å². The largest absolute Gasteiger partial charge is 0.316 e. The molecule has 3 nitrogen and oxygen atoms in total. The fraction of sp³-hybridized carbons (Fsp3) is 0.0600. The molecule has 0 radical (unpaired) electrons. The average molecular weight is 680 g/mol.